The molecule has 3 aromatic rings. The molecule has 0 amide bonds. The largest absolute Gasteiger partial charge is 0.479 e. The first-order chi connectivity index (χ1) is 12.5. The van der Waals surface area contributed by atoms with Crippen LogP contribution in [0.4, 0.5) is 4.39 Å². The number of rotatable bonds is 7. The summed E-state index contributed by atoms with van der Waals surface area (Å²) in [6.07, 6.45) is 1.33. The summed E-state index contributed by atoms with van der Waals surface area (Å²) >= 11 is 1.19. The van der Waals surface area contributed by atoms with Crippen LogP contribution < -0.4 is 4.74 Å². The van der Waals surface area contributed by atoms with E-state index in [2.05, 4.69) is 4.98 Å². The molecule has 0 saturated heterocycles. The van der Waals surface area contributed by atoms with Gasteiger partial charge in [0.05, 0.1) is 11.3 Å². The lowest BCUT2D eigenvalue weighted by atomic mass is 10.1. The van der Waals surface area contributed by atoms with Crippen molar-refractivity contribution in [1.29, 1.82) is 0 Å². The Hall–Kier alpha value is -2.86. The van der Waals surface area contributed by atoms with Crippen molar-refractivity contribution in [2.24, 2.45) is 0 Å². The molecule has 0 spiro atoms. The molecular formula is C20H16FNO3S. The maximum Gasteiger partial charge on any atom is 0.188 e. The Kier molecular flexibility index (Phi) is 5.53. The zero-order chi connectivity index (χ0) is 18.5. The number of ether oxygens (including phenoxy) is 1. The number of ketones is 2. The fraction of sp³-hybridized carbons (Fsp3) is 0.150. The van der Waals surface area contributed by atoms with Crippen LogP contribution in [-0.2, 0) is 6.61 Å². The lowest BCUT2D eigenvalue weighted by Gasteiger charge is -2.03. The molecule has 0 N–H and O–H groups in total. The number of carbonyl (C=O) groups is 2. The number of nitrogens with zero attached hydrogens (tertiary/aromatic N) is 1. The topological polar surface area (TPSA) is 56.3 Å². The van der Waals surface area contributed by atoms with Crippen LogP contribution in [0, 0.1) is 12.7 Å². The fourth-order valence-electron chi connectivity index (χ4n) is 2.29. The second kappa shape index (κ2) is 8.01. The van der Waals surface area contributed by atoms with Crippen LogP contribution >= 0.6 is 11.3 Å². The molecule has 6 heteroatoms. The summed E-state index contributed by atoms with van der Waals surface area (Å²) in [7, 11) is 0. The number of Topliss-reactive ketones (excluding diaryl/α,β-unsaturated/α-hetero) is 2. The van der Waals surface area contributed by atoms with Gasteiger partial charge in [0.2, 0.25) is 0 Å². The molecule has 0 radical (unpaired) electrons. The monoisotopic (exact) mass is 369 g/mol. The standard InChI is InChI=1S/C20H16FNO3S/c1-13-8-9-22-16(10-13)17(23)11-18(24)19-6-7-20(26-19)25-12-14-2-4-15(21)5-3-14/h2-10H,11-12H2,1H3. The average Bonchev–Trinajstić information content (AvgIpc) is 3.10. The van der Waals surface area contributed by atoms with Gasteiger partial charge >= 0.3 is 0 Å². The van der Waals surface area contributed by atoms with Crippen LogP contribution in [0.3, 0.4) is 0 Å². The van der Waals surface area contributed by atoms with E-state index >= 15 is 0 Å². The first-order valence-corrected chi connectivity index (χ1v) is 8.79. The summed E-state index contributed by atoms with van der Waals surface area (Å²) in [4.78, 5) is 29.0. The molecule has 4 nitrogen and oxygen atoms in total. The maximum absolute atomic E-state index is 12.9. The van der Waals surface area contributed by atoms with Crippen molar-refractivity contribution in [1.82, 2.24) is 4.98 Å². The number of thiophene rings is 1. The molecule has 2 heterocycles. The van der Waals surface area contributed by atoms with E-state index in [-0.39, 0.29) is 30.4 Å². The Bertz CT molecular complexity index is 934. The molecule has 1 aromatic carbocycles. The van der Waals surface area contributed by atoms with Gasteiger partial charge in [-0.05, 0) is 54.4 Å². The van der Waals surface area contributed by atoms with Crippen LogP contribution in [0.15, 0.2) is 54.7 Å². The predicted octanol–water partition coefficient (Wildman–Crippen LogP) is 4.63. The van der Waals surface area contributed by atoms with Crippen molar-refractivity contribution in [3.8, 4) is 5.06 Å². The van der Waals surface area contributed by atoms with Crippen molar-refractivity contribution in [3.63, 3.8) is 0 Å². The van der Waals surface area contributed by atoms with Crippen molar-refractivity contribution >= 4 is 22.9 Å². The number of hydrogen-bond donors (Lipinski definition) is 0. The van der Waals surface area contributed by atoms with Gasteiger partial charge in [0.25, 0.3) is 0 Å². The molecule has 26 heavy (non-hydrogen) atoms. The summed E-state index contributed by atoms with van der Waals surface area (Å²) in [5.74, 6) is -0.869. The summed E-state index contributed by atoms with van der Waals surface area (Å²) in [6, 6.07) is 12.8. The Labute approximate surface area is 154 Å². The molecule has 0 unspecified atom stereocenters. The van der Waals surface area contributed by atoms with Crippen molar-refractivity contribution in [2.45, 2.75) is 20.0 Å². The average molecular weight is 369 g/mol. The Morgan fingerprint density at radius 1 is 1.08 bits per heavy atom. The molecule has 0 bridgehead atoms. The van der Waals surface area contributed by atoms with Gasteiger partial charge in [0.1, 0.15) is 18.1 Å². The number of pyridine rings is 1. The zero-order valence-corrected chi connectivity index (χ0v) is 14.9. The van der Waals surface area contributed by atoms with Gasteiger partial charge in [0.15, 0.2) is 16.6 Å². The maximum atomic E-state index is 12.9. The fourth-order valence-corrected chi connectivity index (χ4v) is 3.09. The lowest BCUT2D eigenvalue weighted by molar-refractivity contribution is 0.0893. The molecule has 0 aliphatic rings. The first-order valence-electron chi connectivity index (χ1n) is 7.97. The van der Waals surface area contributed by atoms with Gasteiger partial charge < -0.3 is 4.74 Å². The predicted molar refractivity (Wildman–Crippen MR) is 97.3 cm³/mol. The highest BCUT2D eigenvalue weighted by atomic mass is 32.1. The molecule has 0 fully saturated rings. The highest BCUT2D eigenvalue weighted by Gasteiger charge is 2.17. The quantitative estimate of drug-likeness (QED) is 0.450. The number of benzene rings is 1. The van der Waals surface area contributed by atoms with Crippen molar-refractivity contribution in [3.05, 3.63) is 82.2 Å². The van der Waals surface area contributed by atoms with E-state index in [0.717, 1.165) is 11.1 Å². The summed E-state index contributed by atoms with van der Waals surface area (Å²) < 4.78 is 18.5. The van der Waals surface area contributed by atoms with Crippen molar-refractivity contribution < 1.29 is 18.7 Å². The van der Waals surface area contributed by atoms with E-state index < -0.39 is 0 Å². The van der Waals surface area contributed by atoms with Gasteiger partial charge in [-0.15, -0.1) is 0 Å². The third-order valence-electron chi connectivity index (χ3n) is 3.67. The first kappa shape index (κ1) is 17.9. The minimum absolute atomic E-state index is 0.228. The lowest BCUT2D eigenvalue weighted by Crippen LogP contribution is -2.09. The van der Waals surface area contributed by atoms with E-state index in [1.54, 1.807) is 42.6 Å². The number of hydrogen-bond acceptors (Lipinski definition) is 5. The number of carbonyl (C=O) groups excluding carboxylic acids is 2. The number of aryl methyl sites for hydroxylation is 1. The van der Waals surface area contributed by atoms with Crippen LogP contribution in [0.5, 0.6) is 5.06 Å². The molecule has 3 rings (SSSR count). The van der Waals surface area contributed by atoms with E-state index in [4.69, 9.17) is 4.74 Å². The number of halogens is 1. The van der Waals surface area contributed by atoms with Crippen LogP contribution in [0.1, 0.15) is 37.7 Å². The summed E-state index contributed by atoms with van der Waals surface area (Å²) in [5, 5.41) is 0.568. The van der Waals surface area contributed by atoms with Gasteiger partial charge in [-0.3, -0.25) is 14.6 Å². The van der Waals surface area contributed by atoms with Gasteiger partial charge in [-0.1, -0.05) is 23.5 Å². The molecule has 0 aliphatic carbocycles. The van der Waals surface area contributed by atoms with Gasteiger partial charge in [-0.25, -0.2) is 4.39 Å². The normalized spacial score (nSPS) is 10.5. The smallest absolute Gasteiger partial charge is 0.188 e. The Morgan fingerprint density at radius 3 is 2.58 bits per heavy atom. The Morgan fingerprint density at radius 2 is 1.85 bits per heavy atom. The van der Waals surface area contributed by atoms with E-state index in [9.17, 15) is 14.0 Å². The highest BCUT2D eigenvalue weighted by molar-refractivity contribution is 7.15. The molecular weight excluding hydrogens is 353 g/mol. The third kappa shape index (κ3) is 4.61. The van der Waals surface area contributed by atoms with Crippen LogP contribution in [0.2, 0.25) is 0 Å². The van der Waals surface area contributed by atoms with E-state index in [1.807, 2.05) is 6.92 Å². The molecule has 0 atom stereocenters. The minimum Gasteiger partial charge on any atom is -0.479 e. The van der Waals surface area contributed by atoms with E-state index in [0.29, 0.717) is 15.6 Å². The molecule has 2 aromatic heterocycles. The summed E-state index contributed by atoms with van der Waals surface area (Å²) in [5.41, 5.74) is 2.04. The number of aromatic nitrogens is 1. The van der Waals surface area contributed by atoms with Crippen LogP contribution in [0.25, 0.3) is 0 Å². The zero-order valence-electron chi connectivity index (χ0n) is 14.1. The molecule has 132 valence electrons. The molecule has 0 saturated carbocycles. The van der Waals surface area contributed by atoms with Crippen LogP contribution in [-0.4, -0.2) is 16.6 Å². The second-order valence-corrected chi connectivity index (χ2v) is 6.82. The SMILES string of the molecule is Cc1ccnc(C(=O)CC(=O)c2ccc(OCc3ccc(F)cc3)s2)c1. The summed E-state index contributed by atoms with van der Waals surface area (Å²) in [6.45, 7) is 2.14. The van der Waals surface area contributed by atoms with Gasteiger partial charge in [0, 0.05) is 6.20 Å². The van der Waals surface area contributed by atoms with Crippen molar-refractivity contribution in [2.75, 3.05) is 0 Å². The van der Waals surface area contributed by atoms with Gasteiger partial charge in [-0.2, -0.15) is 0 Å². The molecule has 0 aliphatic heterocycles. The van der Waals surface area contributed by atoms with E-state index in [1.165, 1.54) is 23.5 Å². The third-order valence-corrected chi connectivity index (χ3v) is 4.71. The minimum atomic E-state index is -0.305. The Balaban J connectivity index is 1.59. The highest BCUT2D eigenvalue weighted by Crippen LogP contribution is 2.26. The second-order valence-electron chi connectivity index (χ2n) is 5.78.